The van der Waals surface area contributed by atoms with E-state index in [2.05, 4.69) is 9.97 Å². The molecule has 1 amide bonds. The summed E-state index contributed by atoms with van der Waals surface area (Å²) in [5, 5.41) is 0. The van der Waals surface area contributed by atoms with Crippen molar-refractivity contribution in [2.75, 3.05) is 6.79 Å². The van der Waals surface area contributed by atoms with Crippen LogP contribution in [0.4, 0.5) is 0 Å². The molecule has 29 heavy (non-hydrogen) atoms. The van der Waals surface area contributed by atoms with Crippen LogP contribution in [0.25, 0.3) is 10.2 Å². The van der Waals surface area contributed by atoms with Crippen LogP contribution in [0.1, 0.15) is 21.7 Å². The zero-order chi connectivity index (χ0) is 19.8. The molecule has 5 rings (SSSR count). The number of hydrogen-bond donors (Lipinski definition) is 0. The van der Waals surface area contributed by atoms with Crippen molar-refractivity contribution in [3.8, 4) is 11.5 Å². The predicted octanol–water partition coefficient (Wildman–Crippen LogP) is 3.60. The van der Waals surface area contributed by atoms with Crippen LogP contribution in [0.2, 0.25) is 0 Å². The first kappa shape index (κ1) is 17.7. The summed E-state index contributed by atoms with van der Waals surface area (Å²) in [4.78, 5) is 23.9. The molecule has 0 N–H and O–H groups in total. The van der Waals surface area contributed by atoms with Crippen molar-refractivity contribution in [2.24, 2.45) is 7.05 Å². The Kier molecular flexibility index (Phi) is 4.40. The first-order chi connectivity index (χ1) is 14.2. The molecule has 0 unspecified atom stereocenters. The van der Waals surface area contributed by atoms with Crippen molar-refractivity contribution in [2.45, 2.75) is 13.1 Å². The molecular weight excluding hydrogens is 388 g/mol. The highest BCUT2D eigenvalue weighted by Gasteiger charge is 2.21. The van der Waals surface area contributed by atoms with Crippen molar-refractivity contribution in [1.82, 2.24) is 19.4 Å². The standard InChI is InChI=1S/C21H18N4O3S/c1-24-7-6-22-20(24)11-25(10-14-2-5-17-18(8-14)28-13-27-17)21(26)15-3-4-16-19(9-15)29-12-23-16/h2-9,12H,10-11,13H2,1H3. The van der Waals surface area contributed by atoms with Crippen LogP contribution in [0.5, 0.6) is 11.5 Å². The molecule has 0 radical (unpaired) electrons. The number of nitrogens with zero attached hydrogens (tertiary/aromatic N) is 4. The van der Waals surface area contributed by atoms with Crippen LogP contribution >= 0.6 is 11.3 Å². The third kappa shape index (κ3) is 3.42. The fraction of sp³-hybridized carbons (Fsp3) is 0.190. The van der Waals surface area contributed by atoms with Crippen molar-refractivity contribution in [3.63, 3.8) is 0 Å². The second kappa shape index (κ2) is 7.21. The summed E-state index contributed by atoms with van der Waals surface area (Å²) in [5.41, 5.74) is 4.29. The Balaban J connectivity index is 1.47. The van der Waals surface area contributed by atoms with Gasteiger partial charge in [-0.2, -0.15) is 0 Å². The Labute approximate surface area is 171 Å². The molecule has 0 fully saturated rings. The fourth-order valence-electron chi connectivity index (χ4n) is 3.35. The van der Waals surface area contributed by atoms with E-state index >= 15 is 0 Å². The number of aromatic nitrogens is 3. The highest BCUT2D eigenvalue weighted by molar-refractivity contribution is 7.16. The minimum Gasteiger partial charge on any atom is -0.454 e. The number of benzene rings is 2. The molecule has 0 saturated carbocycles. The van der Waals surface area contributed by atoms with Crippen LogP contribution in [0.15, 0.2) is 54.3 Å². The van der Waals surface area contributed by atoms with E-state index in [4.69, 9.17) is 9.47 Å². The highest BCUT2D eigenvalue weighted by Crippen LogP contribution is 2.33. The van der Waals surface area contributed by atoms with Gasteiger partial charge in [0.25, 0.3) is 5.91 Å². The van der Waals surface area contributed by atoms with Gasteiger partial charge in [-0.15, -0.1) is 11.3 Å². The van der Waals surface area contributed by atoms with Crippen LogP contribution < -0.4 is 9.47 Å². The van der Waals surface area contributed by atoms with Gasteiger partial charge >= 0.3 is 0 Å². The van der Waals surface area contributed by atoms with E-state index in [0.29, 0.717) is 24.4 Å². The zero-order valence-corrected chi connectivity index (χ0v) is 16.6. The molecule has 8 heteroatoms. The van der Waals surface area contributed by atoms with Gasteiger partial charge in [0.15, 0.2) is 11.5 Å². The maximum Gasteiger partial charge on any atom is 0.254 e. The molecule has 146 valence electrons. The van der Waals surface area contributed by atoms with E-state index in [9.17, 15) is 4.79 Å². The summed E-state index contributed by atoms with van der Waals surface area (Å²) >= 11 is 1.53. The number of rotatable bonds is 5. The van der Waals surface area contributed by atoms with Gasteiger partial charge in [0, 0.05) is 31.5 Å². The van der Waals surface area contributed by atoms with E-state index < -0.39 is 0 Å². The zero-order valence-electron chi connectivity index (χ0n) is 15.7. The lowest BCUT2D eigenvalue weighted by Gasteiger charge is -2.23. The van der Waals surface area contributed by atoms with E-state index in [0.717, 1.165) is 27.4 Å². The molecule has 0 atom stereocenters. The van der Waals surface area contributed by atoms with E-state index in [1.54, 1.807) is 16.6 Å². The monoisotopic (exact) mass is 406 g/mol. The lowest BCUT2D eigenvalue weighted by molar-refractivity contribution is 0.0724. The summed E-state index contributed by atoms with van der Waals surface area (Å²) < 4.78 is 13.8. The van der Waals surface area contributed by atoms with Gasteiger partial charge in [-0.05, 0) is 35.9 Å². The molecule has 2 aromatic heterocycles. The summed E-state index contributed by atoms with van der Waals surface area (Å²) in [6.45, 7) is 1.06. The molecule has 0 saturated heterocycles. The SMILES string of the molecule is Cn1ccnc1CN(Cc1ccc2c(c1)OCO2)C(=O)c1ccc2ncsc2c1. The number of carbonyl (C=O) groups is 1. The van der Waals surface area contributed by atoms with Gasteiger partial charge in [0.05, 0.1) is 22.3 Å². The molecule has 1 aliphatic heterocycles. The maximum absolute atomic E-state index is 13.4. The molecule has 3 heterocycles. The lowest BCUT2D eigenvalue weighted by atomic mass is 10.1. The minimum absolute atomic E-state index is 0.0547. The summed E-state index contributed by atoms with van der Waals surface area (Å²) in [5.74, 6) is 2.20. The highest BCUT2D eigenvalue weighted by atomic mass is 32.1. The molecule has 0 bridgehead atoms. The van der Waals surface area contributed by atoms with Gasteiger partial charge in [-0.25, -0.2) is 9.97 Å². The Morgan fingerprint density at radius 1 is 1.14 bits per heavy atom. The van der Waals surface area contributed by atoms with E-state index in [-0.39, 0.29) is 12.7 Å². The van der Waals surface area contributed by atoms with Crippen LogP contribution in [0.3, 0.4) is 0 Å². The largest absolute Gasteiger partial charge is 0.454 e. The molecule has 0 spiro atoms. The Bertz CT molecular complexity index is 1200. The molecule has 0 aliphatic carbocycles. The Morgan fingerprint density at radius 3 is 2.90 bits per heavy atom. The minimum atomic E-state index is -0.0547. The average Bonchev–Trinajstić information content (AvgIpc) is 3.47. The quantitative estimate of drug-likeness (QED) is 0.507. The van der Waals surface area contributed by atoms with Crippen molar-refractivity contribution in [1.29, 1.82) is 0 Å². The Morgan fingerprint density at radius 2 is 2.03 bits per heavy atom. The molecule has 4 aromatic rings. The number of thiazole rings is 1. The third-order valence-corrected chi connectivity index (χ3v) is 5.72. The van der Waals surface area contributed by atoms with Crippen LogP contribution in [-0.4, -0.2) is 32.1 Å². The first-order valence-corrected chi connectivity index (χ1v) is 10.0. The van der Waals surface area contributed by atoms with Gasteiger partial charge < -0.3 is 18.9 Å². The number of amides is 1. The smallest absolute Gasteiger partial charge is 0.254 e. The molecule has 1 aliphatic rings. The topological polar surface area (TPSA) is 69.5 Å². The molecular formula is C21H18N4O3S. The number of fused-ring (bicyclic) bond motifs is 2. The second-order valence-corrected chi connectivity index (χ2v) is 7.72. The Hall–Kier alpha value is -3.39. The van der Waals surface area contributed by atoms with Gasteiger partial charge in [-0.1, -0.05) is 6.07 Å². The van der Waals surface area contributed by atoms with E-state index in [1.165, 1.54) is 11.3 Å². The number of carbonyl (C=O) groups excluding carboxylic acids is 1. The van der Waals surface area contributed by atoms with Crippen molar-refractivity contribution >= 4 is 27.5 Å². The maximum atomic E-state index is 13.4. The number of ether oxygens (including phenoxy) is 2. The molecule has 7 nitrogen and oxygen atoms in total. The summed E-state index contributed by atoms with van der Waals surface area (Å²) in [7, 11) is 1.93. The van der Waals surface area contributed by atoms with Crippen LogP contribution in [-0.2, 0) is 20.1 Å². The van der Waals surface area contributed by atoms with Crippen molar-refractivity contribution in [3.05, 3.63) is 71.3 Å². The first-order valence-electron chi connectivity index (χ1n) is 9.14. The van der Waals surface area contributed by atoms with Gasteiger partial charge in [0.1, 0.15) is 5.82 Å². The van der Waals surface area contributed by atoms with E-state index in [1.807, 2.05) is 54.2 Å². The number of imidazole rings is 1. The van der Waals surface area contributed by atoms with Gasteiger partial charge in [0.2, 0.25) is 6.79 Å². The number of hydrogen-bond acceptors (Lipinski definition) is 6. The predicted molar refractivity (Wildman–Crippen MR) is 109 cm³/mol. The average molecular weight is 406 g/mol. The van der Waals surface area contributed by atoms with Crippen LogP contribution in [0, 0.1) is 0 Å². The summed E-state index contributed by atoms with van der Waals surface area (Å²) in [6, 6.07) is 11.4. The molecule has 2 aromatic carbocycles. The second-order valence-electron chi connectivity index (χ2n) is 6.84. The fourth-order valence-corrected chi connectivity index (χ4v) is 4.07. The van der Waals surface area contributed by atoms with Crippen molar-refractivity contribution < 1.29 is 14.3 Å². The lowest BCUT2D eigenvalue weighted by Crippen LogP contribution is -2.31. The normalized spacial score (nSPS) is 12.4. The third-order valence-electron chi connectivity index (χ3n) is 4.93. The van der Waals surface area contributed by atoms with Gasteiger partial charge in [-0.3, -0.25) is 4.79 Å². The number of aryl methyl sites for hydroxylation is 1. The summed E-state index contributed by atoms with van der Waals surface area (Å²) in [6.07, 6.45) is 3.61.